The summed E-state index contributed by atoms with van der Waals surface area (Å²) >= 11 is 0. The van der Waals surface area contributed by atoms with Crippen LogP contribution in [0.25, 0.3) is 29.1 Å². The second-order valence-corrected chi connectivity index (χ2v) is 16.1. The molecule has 0 saturated carbocycles. The standard InChI is InChI=1S/C29H32N4O2Si/c1-36(2,3)17-16-35-20-33-28-19-22(18-25-23-6-4-5-7-26(23)31-29(25)34)8-10-24(28)27(32-33)11-9-21-12-14-30-15-13-21/h4-5,7-15,18-19,23H,6,16-17,20H2,1-3H3,(H,31,34)/b11-9+,25-18+. The molecule has 1 amide bonds. The van der Waals surface area contributed by atoms with Gasteiger partial charge in [-0.15, -0.1) is 0 Å². The maximum absolute atomic E-state index is 12.7. The smallest absolute Gasteiger partial charge is 0.252 e. The third-order valence-corrected chi connectivity index (χ3v) is 8.23. The minimum absolute atomic E-state index is 0.0146. The minimum Gasteiger partial charge on any atom is -0.360 e. The summed E-state index contributed by atoms with van der Waals surface area (Å²) < 4.78 is 7.98. The van der Waals surface area contributed by atoms with Crippen molar-refractivity contribution in [3.8, 4) is 0 Å². The first-order chi connectivity index (χ1) is 17.4. The predicted molar refractivity (Wildman–Crippen MR) is 148 cm³/mol. The Morgan fingerprint density at radius 3 is 2.78 bits per heavy atom. The number of carbonyl (C=O) groups is 1. The van der Waals surface area contributed by atoms with E-state index < -0.39 is 8.07 Å². The van der Waals surface area contributed by atoms with Crippen molar-refractivity contribution >= 4 is 43.1 Å². The van der Waals surface area contributed by atoms with E-state index in [1.165, 1.54) is 0 Å². The quantitative estimate of drug-likeness (QED) is 0.240. The van der Waals surface area contributed by atoms with E-state index in [0.29, 0.717) is 6.73 Å². The molecule has 3 heterocycles. The van der Waals surface area contributed by atoms with Crippen LogP contribution in [0.15, 0.2) is 72.2 Å². The van der Waals surface area contributed by atoms with Crippen molar-refractivity contribution in [2.75, 3.05) is 6.61 Å². The number of carbonyl (C=O) groups excluding carboxylic acids is 1. The molecular weight excluding hydrogens is 464 g/mol. The molecule has 1 atom stereocenters. The number of pyridine rings is 1. The molecule has 184 valence electrons. The molecule has 2 aromatic heterocycles. The van der Waals surface area contributed by atoms with Gasteiger partial charge < -0.3 is 10.1 Å². The van der Waals surface area contributed by atoms with Gasteiger partial charge in [0.15, 0.2) is 0 Å². The van der Waals surface area contributed by atoms with Crippen molar-refractivity contribution < 1.29 is 9.53 Å². The van der Waals surface area contributed by atoms with E-state index >= 15 is 0 Å². The molecule has 1 aliphatic heterocycles. The molecular formula is C29H32N4O2Si. The highest BCUT2D eigenvalue weighted by atomic mass is 28.3. The van der Waals surface area contributed by atoms with E-state index in [9.17, 15) is 4.79 Å². The van der Waals surface area contributed by atoms with E-state index in [1.807, 2.05) is 47.2 Å². The van der Waals surface area contributed by atoms with Crippen molar-refractivity contribution in [1.29, 1.82) is 0 Å². The van der Waals surface area contributed by atoms with Crippen molar-refractivity contribution in [3.05, 3.63) is 89.0 Å². The van der Waals surface area contributed by atoms with Gasteiger partial charge in [0.05, 0.1) is 11.2 Å². The fraction of sp³-hybridized carbons (Fsp3) is 0.276. The van der Waals surface area contributed by atoms with Crippen LogP contribution in [0, 0.1) is 5.92 Å². The number of fused-ring (bicyclic) bond motifs is 2. The lowest BCUT2D eigenvalue weighted by Crippen LogP contribution is -2.22. The molecule has 1 aliphatic carbocycles. The first-order valence-electron chi connectivity index (χ1n) is 12.4. The van der Waals surface area contributed by atoms with Gasteiger partial charge in [-0.25, -0.2) is 4.68 Å². The summed E-state index contributed by atoms with van der Waals surface area (Å²) in [4.78, 5) is 16.7. The zero-order valence-electron chi connectivity index (χ0n) is 21.1. The van der Waals surface area contributed by atoms with Gasteiger partial charge in [-0.1, -0.05) is 43.9 Å². The number of ether oxygens (including phenoxy) is 1. The summed E-state index contributed by atoms with van der Waals surface area (Å²) in [5.74, 6) is 0.0890. The molecule has 1 fully saturated rings. The second-order valence-electron chi connectivity index (χ2n) is 10.5. The summed E-state index contributed by atoms with van der Waals surface area (Å²) in [6.45, 7) is 8.17. The monoisotopic (exact) mass is 496 g/mol. The van der Waals surface area contributed by atoms with Crippen LogP contribution in [0.4, 0.5) is 0 Å². The highest BCUT2D eigenvalue weighted by molar-refractivity contribution is 6.76. The molecule has 0 bridgehead atoms. The number of allylic oxidation sites excluding steroid dienone is 4. The average molecular weight is 497 g/mol. The van der Waals surface area contributed by atoms with Gasteiger partial charge >= 0.3 is 0 Å². The van der Waals surface area contributed by atoms with E-state index in [-0.39, 0.29) is 11.8 Å². The van der Waals surface area contributed by atoms with Crippen molar-refractivity contribution in [3.63, 3.8) is 0 Å². The number of nitrogens with one attached hydrogen (secondary N) is 1. The van der Waals surface area contributed by atoms with Gasteiger partial charge in [0.2, 0.25) is 0 Å². The van der Waals surface area contributed by atoms with E-state index in [2.05, 4.69) is 54.2 Å². The van der Waals surface area contributed by atoms with Crippen LogP contribution in [-0.2, 0) is 16.3 Å². The lowest BCUT2D eigenvalue weighted by Gasteiger charge is -2.15. The Hall–Kier alpha value is -3.55. The maximum Gasteiger partial charge on any atom is 0.252 e. The van der Waals surface area contributed by atoms with Crippen molar-refractivity contribution in [1.82, 2.24) is 20.1 Å². The summed E-state index contributed by atoms with van der Waals surface area (Å²) in [7, 11) is -1.17. The average Bonchev–Trinajstić information content (AvgIpc) is 3.37. The zero-order chi connectivity index (χ0) is 25.1. The van der Waals surface area contributed by atoms with E-state index in [0.717, 1.165) is 58.1 Å². The molecule has 6 nitrogen and oxygen atoms in total. The predicted octanol–water partition coefficient (Wildman–Crippen LogP) is 5.89. The number of hydrogen-bond donors (Lipinski definition) is 1. The maximum atomic E-state index is 12.7. The number of aromatic nitrogens is 3. The Kier molecular flexibility index (Phi) is 6.85. The first-order valence-corrected chi connectivity index (χ1v) is 16.1. The molecule has 5 rings (SSSR count). The summed E-state index contributed by atoms with van der Waals surface area (Å²) in [6.07, 6.45) is 16.6. The van der Waals surface area contributed by atoms with Gasteiger partial charge in [-0.05, 0) is 66.1 Å². The SMILES string of the molecule is C[Si](C)(C)CCOCn1nc(/C=C/c2ccncc2)c2ccc(/C=C3/C(=O)NC4=CC=CCC43)cc21. The largest absolute Gasteiger partial charge is 0.360 e. The Labute approximate surface area is 213 Å². The lowest BCUT2D eigenvalue weighted by atomic mass is 9.91. The lowest BCUT2D eigenvalue weighted by molar-refractivity contribution is -0.115. The Morgan fingerprint density at radius 2 is 1.97 bits per heavy atom. The van der Waals surface area contributed by atoms with Gasteiger partial charge in [0, 0.05) is 49.6 Å². The topological polar surface area (TPSA) is 69.0 Å². The minimum atomic E-state index is -1.17. The number of rotatable bonds is 8. The summed E-state index contributed by atoms with van der Waals surface area (Å²) in [5.41, 5.74) is 5.72. The molecule has 0 spiro atoms. The van der Waals surface area contributed by atoms with Crippen LogP contribution < -0.4 is 5.32 Å². The molecule has 0 radical (unpaired) electrons. The molecule has 1 aromatic carbocycles. The Bertz CT molecular complexity index is 1390. The highest BCUT2D eigenvalue weighted by Gasteiger charge is 2.32. The Morgan fingerprint density at radius 1 is 1.14 bits per heavy atom. The molecule has 1 saturated heterocycles. The van der Waals surface area contributed by atoms with Crippen molar-refractivity contribution in [2.24, 2.45) is 5.92 Å². The summed E-state index contributed by atoms with van der Waals surface area (Å²) in [6, 6.07) is 11.3. The van der Waals surface area contributed by atoms with E-state index in [1.54, 1.807) is 12.4 Å². The van der Waals surface area contributed by atoms with Crippen LogP contribution >= 0.6 is 0 Å². The fourth-order valence-electron chi connectivity index (χ4n) is 4.47. The fourth-order valence-corrected chi connectivity index (χ4v) is 5.22. The molecule has 3 aromatic rings. The van der Waals surface area contributed by atoms with Crippen LogP contribution in [-0.4, -0.2) is 35.4 Å². The first kappa shape index (κ1) is 24.2. The van der Waals surface area contributed by atoms with Crippen molar-refractivity contribution in [2.45, 2.75) is 38.8 Å². The Balaban J connectivity index is 1.47. The van der Waals surface area contributed by atoms with Gasteiger partial charge in [-0.3, -0.25) is 9.78 Å². The second kappa shape index (κ2) is 10.2. The third kappa shape index (κ3) is 5.47. The van der Waals surface area contributed by atoms with Gasteiger partial charge in [0.25, 0.3) is 5.91 Å². The number of benzene rings is 1. The molecule has 36 heavy (non-hydrogen) atoms. The number of nitrogens with zero attached hydrogens (tertiary/aromatic N) is 3. The van der Waals surface area contributed by atoms with Crippen LogP contribution in [0.5, 0.6) is 0 Å². The molecule has 1 unspecified atom stereocenters. The normalized spacial score (nSPS) is 18.8. The van der Waals surface area contributed by atoms with Gasteiger partial charge in [0.1, 0.15) is 6.73 Å². The molecule has 2 aliphatic rings. The number of amides is 1. The van der Waals surface area contributed by atoms with Crippen LogP contribution in [0.2, 0.25) is 25.7 Å². The molecule has 7 heteroatoms. The number of hydrogen-bond acceptors (Lipinski definition) is 4. The molecule has 1 N–H and O–H groups in total. The highest BCUT2D eigenvalue weighted by Crippen LogP contribution is 2.34. The van der Waals surface area contributed by atoms with Crippen LogP contribution in [0.1, 0.15) is 23.2 Å². The third-order valence-electron chi connectivity index (χ3n) is 6.53. The summed E-state index contributed by atoms with van der Waals surface area (Å²) in [5, 5.41) is 8.94. The van der Waals surface area contributed by atoms with Gasteiger partial charge in [-0.2, -0.15) is 5.10 Å². The zero-order valence-corrected chi connectivity index (χ0v) is 22.1. The van der Waals surface area contributed by atoms with E-state index in [4.69, 9.17) is 9.84 Å². The van der Waals surface area contributed by atoms with Crippen LogP contribution in [0.3, 0.4) is 0 Å².